The number of thiazole rings is 1. The zero-order valence-electron chi connectivity index (χ0n) is 22.1. The second-order valence-electron chi connectivity index (χ2n) is 10.2. The lowest BCUT2D eigenvalue weighted by Crippen LogP contribution is -2.32. The van der Waals surface area contributed by atoms with Gasteiger partial charge in [-0.05, 0) is 74.9 Å². The van der Waals surface area contributed by atoms with Crippen molar-refractivity contribution in [3.63, 3.8) is 0 Å². The molecule has 38 heavy (non-hydrogen) atoms. The highest BCUT2D eigenvalue weighted by Crippen LogP contribution is 2.58. The molecule has 0 aliphatic rings. The summed E-state index contributed by atoms with van der Waals surface area (Å²) in [6.45, 7) is 6.51. The Bertz CT molecular complexity index is 1540. The van der Waals surface area contributed by atoms with E-state index in [2.05, 4.69) is 142 Å². The van der Waals surface area contributed by atoms with Crippen molar-refractivity contribution in [1.82, 2.24) is 4.98 Å². The maximum Gasteiger partial charge on any atom is 0.124 e. The molecular formula is C35H31NPS+. The molecule has 5 aromatic carbocycles. The van der Waals surface area contributed by atoms with E-state index in [0.717, 1.165) is 16.7 Å². The molecule has 0 N–H and O–H groups in total. The fraction of sp³-hybridized carbons (Fsp3) is 0.114. The highest BCUT2D eigenvalue weighted by Gasteiger charge is 2.45. The third-order valence-electron chi connectivity index (χ3n) is 7.34. The molecular weight excluding hydrogens is 497 g/mol. The summed E-state index contributed by atoms with van der Waals surface area (Å²) in [6, 6.07) is 45.3. The van der Waals surface area contributed by atoms with Crippen molar-refractivity contribution in [2.45, 2.75) is 26.9 Å². The van der Waals surface area contributed by atoms with E-state index < -0.39 is 7.26 Å². The Labute approximate surface area is 230 Å². The number of hydrogen-bond acceptors (Lipinski definition) is 2. The zero-order chi connectivity index (χ0) is 26.1. The van der Waals surface area contributed by atoms with Gasteiger partial charge in [-0.25, -0.2) is 4.98 Å². The fourth-order valence-corrected chi connectivity index (χ4v) is 10.3. The number of para-hydroxylation sites is 1. The Balaban J connectivity index is 1.48. The van der Waals surface area contributed by atoms with Gasteiger partial charge in [0, 0.05) is 5.56 Å². The summed E-state index contributed by atoms with van der Waals surface area (Å²) in [5, 5.41) is 5.34. The first kappa shape index (κ1) is 24.7. The van der Waals surface area contributed by atoms with Gasteiger partial charge in [0.1, 0.15) is 28.2 Å². The van der Waals surface area contributed by atoms with E-state index in [0.29, 0.717) is 0 Å². The van der Waals surface area contributed by atoms with Crippen molar-refractivity contribution in [2.24, 2.45) is 0 Å². The maximum atomic E-state index is 4.88. The largest absolute Gasteiger partial charge is 0.236 e. The number of aryl methyl sites for hydroxylation is 3. The van der Waals surface area contributed by atoms with Crippen LogP contribution in [-0.4, -0.2) is 4.98 Å². The van der Waals surface area contributed by atoms with E-state index in [-0.39, 0.29) is 0 Å². The van der Waals surface area contributed by atoms with Crippen LogP contribution in [0.4, 0.5) is 0 Å². The maximum absolute atomic E-state index is 4.88. The van der Waals surface area contributed by atoms with E-state index in [9.17, 15) is 0 Å². The number of aromatic nitrogens is 1. The van der Waals surface area contributed by atoms with Crippen molar-refractivity contribution in [3.8, 4) is 10.6 Å². The van der Waals surface area contributed by atoms with E-state index in [1.165, 1.54) is 48.4 Å². The first-order valence-corrected chi connectivity index (χ1v) is 15.8. The first-order chi connectivity index (χ1) is 18.5. The van der Waals surface area contributed by atoms with Gasteiger partial charge in [-0.1, -0.05) is 89.5 Å². The first-order valence-electron chi connectivity index (χ1n) is 13.1. The molecule has 0 atom stereocenters. The lowest BCUT2D eigenvalue weighted by atomic mass is 10.1. The smallest absolute Gasteiger partial charge is 0.124 e. The molecule has 1 aromatic heterocycles. The molecule has 0 saturated heterocycles. The summed E-state index contributed by atoms with van der Waals surface area (Å²) in [5.41, 5.74) is 7.48. The second kappa shape index (κ2) is 10.3. The molecule has 0 bridgehead atoms. The Kier molecular flexibility index (Phi) is 6.70. The van der Waals surface area contributed by atoms with Gasteiger partial charge in [0.15, 0.2) is 0 Å². The van der Waals surface area contributed by atoms with Crippen LogP contribution < -0.4 is 15.9 Å². The van der Waals surface area contributed by atoms with Crippen LogP contribution >= 0.6 is 18.6 Å². The normalized spacial score (nSPS) is 11.7. The Morgan fingerprint density at radius 1 is 0.553 bits per heavy atom. The van der Waals surface area contributed by atoms with Crippen LogP contribution in [0.3, 0.4) is 0 Å². The minimum Gasteiger partial charge on any atom is -0.236 e. The van der Waals surface area contributed by atoms with Crippen molar-refractivity contribution in [3.05, 3.63) is 144 Å². The highest BCUT2D eigenvalue weighted by atomic mass is 32.1. The predicted octanol–water partition coefficient (Wildman–Crippen LogP) is 8.38. The summed E-state index contributed by atoms with van der Waals surface area (Å²) < 4.78 is 1.23. The Morgan fingerprint density at radius 3 is 1.50 bits per heavy atom. The predicted molar refractivity (Wildman–Crippen MR) is 168 cm³/mol. The summed E-state index contributed by atoms with van der Waals surface area (Å²) in [4.78, 5) is 4.88. The van der Waals surface area contributed by atoms with Crippen molar-refractivity contribution in [1.29, 1.82) is 0 Å². The number of benzene rings is 5. The molecule has 1 heterocycles. The average Bonchev–Trinajstić information content (AvgIpc) is 3.38. The molecule has 0 aliphatic carbocycles. The summed E-state index contributed by atoms with van der Waals surface area (Å²) in [5.74, 6) is 0. The van der Waals surface area contributed by atoms with Gasteiger partial charge in [-0.2, -0.15) is 0 Å². The van der Waals surface area contributed by atoms with Crippen LogP contribution in [0.25, 0.3) is 20.8 Å². The minimum absolute atomic E-state index is 0.975. The molecule has 0 saturated carbocycles. The average molecular weight is 529 g/mol. The van der Waals surface area contributed by atoms with Gasteiger partial charge >= 0.3 is 0 Å². The van der Waals surface area contributed by atoms with E-state index in [1.54, 1.807) is 11.3 Å². The molecule has 6 aromatic rings. The molecule has 0 aliphatic heterocycles. The molecule has 6 rings (SSSR count). The minimum atomic E-state index is -1.96. The Morgan fingerprint density at radius 2 is 1.03 bits per heavy atom. The van der Waals surface area contributed by atoms with Crippen LogP contribution in [0, 0.1) is 20.8 Å². The van der Waals surface area contributed by atoms with E-state index >= 15 is 0 Å². The van der Waals surface area contributed by atoms with Gasteiger partial charge in [0.05, 0.1) is 16.4 Å². The molecule has 3 heteroatoms. The quantitative estimate of drug-likeness (QED) is 0.198. The van der Waals surface area contributed by atoms with Crippen LogP contribution in [0.5, 0.6) is 0 Å². The van der Waals surface area contributed by atoms with Crippen molar-refractivity contribution in [2.75, 3.05) is 0 Å². The molecule has 0 spiro atoms. The lowest BCUT2D eigenvalue weighted by molar-refractivity contribution is 1.38. The van der Waals surface area contributed by atoms with Gasteiger partial charge in [-0.15, -0.1) is 11.3 Å². The molecule has 186 valence electrons. The summed E-state index contributed by atoms with van der Waals surface area (Å²) in [7, 11) is -1.96. The molecule has 0 radical (unpaired) electrons. The van der Waals surface area contributed by atoms with Crippen LogP contribution in [0.1, 0.15) is 22.3 Å². The van der Waals surface area contributed by atoms with Crippen LogP contribution in [0.15, 0.2) is 121 Å². The highest BCUT2D eigenvalue weighted by molar-refractivity contribution is 7.95. The zero-order valence-corrected chi connectivity index (χ0v) is 23.8. The van der Waals surface area contributed by atoms with Crippen molar-refractivity contribution < 1.29 is 0 Å². The second-order valence-corrected chi connectivity index (χ2v) is 14.7. The van der Waals surface area contributed by atoms with Crippen LogP contribution in [-0.2, 0) is 6.16 Å². The topological polar surface area (TPSA) is 12.9 Å². The van der Waals surface area contributed by atoms with E-state index in [1.807, 2.05) is 0 Å². The van der Waals surface area contributed by atoms with Crippen molar-refractivity contribution >= 4 is 44.7 Å². The summed E-state index contributed by atoms with van der Waals surface area (Å²) >= 11 is 1.76. The number of fused-ring (bicyclic) bond motifs is 1. The standard InChI is InChI=1S/C35H31NPS/c1-25-8-18-30(19-9-25)37(31-20-10-26(2)11-21-31,32-22-12-27(3)13-23-32)24-28-14-16-29(17-15-28)35-36-33-6-4-5-7-34(33)38-35/h4-23H,24H2,1-3H3/q+1. The third kappa shape index (κ3) is 4.71. The fourth-order valence-electron chi connectivity index (χ4n) is 5.14. The molecule has 0 unspecified atom stereocenters. The molecule has 0 fully saturated rings. The van der Waals surface area contributed by atoms with Gasteiger partial charge in [0.2, 0.25) is 0 Å². The number of hydrogen-bond donors (Lipinski definition) is 0. The monoisotopic (exact) mass is 528 g/mol. The Hall–Kier alpha value is -3.58. The van der Waals surface area contributed by atoms with Crippen LogP contribution in [0.2, 0.25) is 0 Å². The summed E-state index contributed by atoms with van der Waals surface area (Å²) in [6.07, 6.45) is 0.975. The van der Waals surface area contributed by atoms with Gasteiger partial charge in [0.25, 0.3) is 0 Å². The SMILES string of the molecule is Cc1ccc([P+](Cc2ccc(-c3nc4ccccc4s3)cc2)(c2ccc(C)cc2)c2ccc(C)cc2)cc1. The van der Waals surface area contributed by atoms with Gasteiger partial charge in [-0.3, -0.25) is 0 Å². The third-order valence-corrected chi connectivity index (χ3v) is 12.8. The lowest BCUT2D eigenvalue weighted by Gasteiger charge is -2.28. The van der Waals surface area contributed by atoms with Gasteiger partial charge < -0.3 is 0 Å². The molecule has 1 nitrogen and oxygen atoms in total. The van der Waals surface area contributed by atoms with E-state index in [4.69, 9.17) is 4.98 Å². The number of nitrogens with zero attached hydrogens (tertiary/aromatic N) is 1. The molecule has 0 amide bonds. The number of rotatable bonds is 6.